The Hall–Kier alpha value is -1.38. The molecule has 0 spiro atoms. The number of carbonyl (C=O) groups excluding carboxylic acids is 2. The zero-order valence-corrected chi connectivity index (χ0v) is 16.0. The molecule has 0 unspecified atom stereocenters. The molecule has 7 heteroatoms. The van der Waals surface area contributed by atoms with Crippen molar-refractivity contribution in [3.63, 3.8) is 0 Å². The molecular weight excluding hydrogens is 494 g/mol. The molecule has 1 aliphatic rings. The molecule has 0 aliphatic carbocycles. The summed E-state index contributed by atoms with van der Waals surface area (Å²) in [5, 5.41) is 2.82. The van der Waals surface area contributed by atoms with Crippen molar-refractivity contribution in [1.82, 2.24) is 0 Å². The van der Waals surface area contributed by atoms with Crippen LogP contribution >= 0.6 is 50.1 Å². The molecular formula is C16H9BrClIN2O2. The maximum atomic E-state index is 12.6. The molecule has 2 aromatic rings. The highest BCUT2D eigenvalue weighted by Crippen LogP contribution is 2.30. The number of nitrogens with zero attached hydrogens (tertiary/aromatic N) is 1. The highest BCUT2D eigenvalue weighted by atomic mass is 127. The Morgan fingerprint density at radius 3 is 2.17 bits per heavy atom. The van der Waals surface area contributed by atoms with E-state index < -0.39 is 11.8 Å². The number of carbonyl (C=O) groups is 2. The molecule has 0 bridgehead atoms. The minimum atomic E-state index is -0.535. The third-order valence-electron chi connectivity index (χ3n) is 3.23. The van der Waals surface area contributed by atoms with Crippen LogP contribution in [-0.4, -0.2) is 11.8 Å². The second-order valence-electron chi connectivity index (χ2n) is 4.74. The molecule has 0 atom stereocenters. The molecule has 1 aliphatic heterocycles. The first kappa shape index (κ1) is 16.5. The van der Waals surface area contributed by atoms with Gasteiger partial charge < -0.3 is 5.32 Å². The molecule has 3 rings (SSSR count). The van der Waals surface area contributed by atoms with Gasteiger partial charge in [0.25, 0.3) is 11.8 Å². The summed E-state index contributed by atoms with van der Waals surface area (Å²) in [6.07, 6.45) is 0. The summed E-state index contributed by atoms with van der Waals surface area (Å²) in [4.78, 5) is 25.9. The van der Waals surface area contributed by atoms with E-state index in [1.54, 1.807) is 24.3 Å². The molecule has 116 valence electrons. The van der Waals surface area contributed by atoms with E-state index in [4.69, 9.17) is 11.6 Å². The van der Waals surface area contributed by atoms with Gasteiger partial charge in [0.15, 0.2) is 0 Å². The number of amides is 2. The largest absolute Gasteiger partial charge is 0.350 e. The smallest absolute Gasteiger partial charge is 0.283 e. The quantitative estimate of drug-likeness (QED) is 0.496. The highest BCUT2D eigenvalue weighted by Gasteiger charge is 2.38. The molecule has 0 saturated heterocycles. The SMILES string of the molecule is O=C1C(Cl)=C(Nc2ccc(I)cc2)C(=O)N1c1ccc(Br)cc1. The number of rotatable bonds is 3. The van der Waals surface area contributed by atoms with Crippen LogP contribution in [0.25, 0.3) is 0 Å². The summed E-state index contributed by atoms with van der Waals surface area (Å²) >= 11 is 11.6. The van der Waals surface area contributed by atoms with Crippen LogP contribution in [0.15, 0.2) is 63.7 Å². The van der Waals surface area contributed by atoms with Crippen LogP contribution in [0.3, 0.4) is 0 Å². The van der Waals surface area contributed by atoms with Gasteiger partial charge in [-0.05, 0) is 71.1 Å². The van der Waals surface area contributed by atoms with Crippen molar-refractivity contribution >= 4 is 73.3 Å². The van der Waals surface area contributed by atoms with Gasteiger partial charge in [-0.15, -0.1) is 0 Å². The van der Waals surface area contributed by atoms with Crippen molar-refractivity contribution in [3.05, 3.63) is 67.3 Å². The molecule has 2 amide bonds. The Labute approximate surface area is 159 Å². The lowest BCUT2D eigenvalue weighted by Gasteiger charge is -2.15. The number of hydrogen-bond acceptors (Lipinski definition) is 3. The van der Waals surface area contributed by atoms with Crippen LogP contribution in [0.4, 0.5) is 11.4 Å². The van der Waals surface area contributed by atoms with Crippen LogP contribution in [0.2, 0.25) is 0 Å². The fraction of sp³-hybridized carbons (Fsp3) is 0. The van der Waals surface area contributed by atoms with Gasteiger partial charge >= 0.3 is 0 Å². The normalized spacial score (nSPS) is 14.7. The van der Waals surface area contributed by atoms with Crippen LogP contribution in [0.5, 0.6) is 0 Å². The summed E-state index contributed by atoms with van der Waals surface area (Å²) in [6, 6.07) is 14.3. The Morgan fingerprint density at radius 2 is 1.57 bits per heavy atom. The van der Waals surface area contributed by atoms with E-state index in [0.717, 1.165) is 12.9 Å². The lowest BCUT2D eigenvalue weighted by Crippen LogP contribution is -2.32. The van der Waals surface area contributed by atoms with E-state index in [1.807, 2.05) is 24.3 Å². The van der Waals surface area contributed by atoms with Gasteiger partial charge in [0.2, 0.25) is 0 Å². The molecule has 0 fully saturated rings. The van der Waals surface area contributed by atoms with Gasteiger partial charge in [0.05, 0.1) is 5.69 Å². The van der Waals surface area contributed by atoms with Crippen LogP contribution in [-0.2, 0) is 9.59 Å². The maximum absolute atomic E-state index is 12.6. The standard InChI is InChI=1S/C16H9BrClIN2O2/c17-9-1-7-12(8-2-9)21-15(22)13(18)14(16(21)23)20-11-5-3-10(19)4-6-11/h1-8,20H. The van der Waals surface area contributed by atoms with Crippen molar-refractivity contribution in [1.29, 1.82) is 0 Å². The molecule has 23 heavy (non-hydrogen) atoms. The third-order valence-corrected chi connectivity index (χ3v) is 4.82. The minimum absolute atomic E-state index is 0.0841. The molecule has 0 aromatic heterocycles. The van der Waals surface area contributed by atoms with Gasteiger partial charge in [-0.25, -0.2) is 4.90 Å². The monoisotopic (exact) mass is 502 g/mol. The first-order chi connectivity index (χ1) is 11.0. The fourth-order valence-corrected chi connectivity index (χ4v) is 2.95. The number of hydrogen-bond donors (Lipinski definition) is 1. The number of anilines is 2. The lowest BCUT2D eigenvalue weighted by molar-refractivity contribution is -0.120. The first-order valence-corrected chi connectivity index (χ1v) is 8.79. The van der Waals surface area contributed by atoms with Gasteiger partial charge in [0.1, 0.15) is 10.7 Å². The molecule has 1 N–H and O–H groups in total. The average Bonchev–Trinajstić information content (AvgIpc) is 2.74. The molecule has 0 saturated carbocycles. The lowest BCUT2D eigenvalue weighted by atomic mass is 10.3. The Morgan fingerprint density at radius 1 is 0.957 bits per heavy atom. The predicted molar refractivity (Wildman–Crippen MR) is 102 cm³/mol. The minimum Gasteiger partial charge on any atom is -0.350 e. The Bertz CT molecular complexity index is 819. The highest BCUT2D eigenvalue weighted by molar-refractivity contribution is 14.1. The first-order valence-electron chi connectivity index (χ1n) is 6.54. The van der Waals surface area contributed by atoms with E-state index in [-0.39, 0.29) is 10.7 Å². The van der Waals surface area contributed by atoms with E-state index >= 15 is 0 Å². The van der Waals surface area contributed by atoms with Crippen LogP contribution in [0.1, 0.15) is 0 Å². The predicted octanol–water partition coefficient (Wildman–Crippen LogP) is 4.49. The van der Waals surface area contributed by atoms with E-state index in [9.17, 15) is 9.59 Å². The summed E-state index contributed by atoms with van der Waals surface area (Å²) in [5.74, 6) is -1.01. The number of imide groups is 1. The van der Waals surface area contributed by atoms with Crippen molar-refractivity contribution in [2.75, 3.05) is 10.2 Å². The fourth-order valence-electron chi connectivity index (χ4n) is 2.11. The van der Waals surface area contributed by atoms with E-state index in [1.165, 1.54) is 0 Å². The molecule has 0 radical (unpaired) electrons. The van der Waals surface area contributed by atoms with Gasteiger partial charge in [-0.3, -0.25) is 9.59 Å². The summed E-state index contributed by atoms with van der Waals surface area (Å²) < 4.78 is 1.93. The third kappa shape index (κ3) is 3.29. The molecule has 4 nitrogen and oxygen atoms in total. The summed E-state index contributed by atoms with van der Waals surface area (Å²) in [7, 11) is 0. The van der Waals surface area contributed by atoms with Crippen molar-refractivity contribution < 1.29 is 9.59 Å². The molecule has 1 heterocycles. The Kier molecular flexibility index (Phi) is 4.74. The van der Waals surface area contributed by atoms with Crippen molar-refractivity contribution in [2.24, 2.45) is 0 Å². The maximum Gasteiger partial charge on any atom is 0.283 e. The van der Waals surface area contributed by atoms with Gasteiger partial charge in [-0.2, -0.15) is 0 Å². The van der Waals surface area contributed by atoms with E-state index in [2.05, 4.69) is 43.8 Å². The summed E-state index contributed by atoms with van der Waals surface area (Å²) in [6.45, 7) is 0. The van der Waals surface area contributed by atoms with Crippen molar-refractivity contribution in [3.8, 4) is 0 Å². The Balaban J connectivity index is 1.90. The zero-order chi connectivity index (χ0) is 16.6. The van der Waals surface area contributed by atoms with Gasteiger partial charge in [0, 0.05) is 13.7 Å². The van der Waals surface area contributed by atoms with Crippen LogP contribution < -0.4 is 10.2 Å². The topological polar surface area (TPSA) is 49.4 Å². The van der Waals surface area contributed by atoms with Crippen LogP contribution in [0, 0.1) is 3.57 Å². The number of benzene rings is 2. The number of halogens is 3. The molecule has 2 aromatic carbocycles. The average molecular weight is 504 g/mol. The second-order valence-corrected chi connectivity index (χ2v) is 7.28. The van der Waals surface area contributed by atoms with E-state index in [0.29, 0.717) is 11.4 Å². The van der Waals surface area contributed by atoms with Crippen molar-refractivity contribution in [2.45, 2.75) is 0 Å². The number of nitrogens with one attached hydrogen (secondary N) is 1. The summed E-state index contributed by atoms with van der Waals surface area (Å²) in [5.41, 5.74) is 1.25. The second kappa shape index (κ2) is 6.62. The zero-order valence-electron chi connectivity index (χ0n) is 11.5. The van der Waals surface area contributed by atoms with Gasteiger partial charge in [-0.1, -0.05) is 27.5 Å².